The fourth-order valence-corrected chi connectivity index (χ4v) is 4.46. The predicted octanol–water partition coefficient (Wildman–Crippen LogP) is 1.68. The normalized spacial score (nSPS) is 16.8. The molecule has 0 aromatic carbocycles. The highest BCUT2D eigenvalue weighted by atomic mass is 32.2. The van der Waals surface area contributed by atoms with Gasteiger partial charge in [-0.05, 0) is 48.9 Å². The van der Waals surface area contributed by atoms with Gasteiger partial charge in [-0.2, -0.15) is 5.10 Å². The zero-order valence-electron chi connectivity index (χ0n) is 16.7. The van der Waals surface area contributed by atoms with E-state index < -0.39 is 0 Å². The molecule has 0 bridgehead atoms. The molecular formula is C20H21N9OS. The minimum Gasteiger partial charge on any atom is -0.368 e. The maximum atomic E-state index is 12.0. The molecule has 10 nitrogen and oxygen atoms in total. The van der Waals surface area contributed by atoms with E-state index in [1.54, 1.807) is 10.7 Å². The van der Waals surface area contributed by atoms with Gasteiger partial charge >= 0.3 is 0 Å². The monoisotopic (exact) mass is 435 g/mol. The lowest BCUT2D eigenvalue weighted by Crippen LogP contribution is -2.43. The van der Waals surface area contributed by atoms with E-state index >= 15 is 0 Å². The Bertz CT molecular complexity index is 1270. The first kappa shape index (κ1) is 18.6. The molecule has 1 amide bonds. The van der Waals surface area contributed by atoms with E-state index in [4.69, 9.17) is 0 Å². The summed E-state index contributed by atoms with van der Waals surface area (Å²) < 4.78 is 3.68. The fraction of sp³-hybridized carbons (Fsp3) is 0.350. The van der Waals surface area contributed by atoms with E-state index in [-0.39, 0.29) is 11.8 Å². The van der Waals surface area contributed by atoms with Crippen molar-refractivity contribution in [3.63, 3.8) is 0 Å². The molecule has 31 heavy (non-hydrogen) atoms. The molecule has 2 N–H and O–H groups in total. The molecule has 2 aliphatic rings. The number of rotatable bonds is 5. The topological polar surface area (TPSA) is 105 Å². The van der Waals surface area contributed by atoms with Crippen molar-refractivity contribution < 1.29 is 4.79 Å². The Morgan fingerprint density at radius 1 is 1.06 bits per heavy atom. The molecule has 1 saturated heterocycles. The Morgan fingerprint density at radius 3 is 2.74 bits per heavy atom. The number of anilines is 2. The van der Waals surface area contributed by atoms with Crippen LogP contribution in [0.3, 0.4) is 0 Å². The number of amides is 1. The first-order valence-corrected chi connectivity index (χ1v) is 11.2. The van der Waals surface area contributed by atoms with Crippen LogP contribution in [0.1, 0.15) is 12.8 Å². The molecule has 2 fully saturated rings. The quantitative estimate of drug-likeness (QED) is 0.488. The highest BCUT2D eigenvalue weighted by Crippen LogP contribution is 2.30. The van der Waals surface area contributed by atoms with Crippen LogP contribution in [0.15, 0.2) is 46.8 Å². The number of imidazole rings is 1. The van der Waals surface area contributed by atoms with Crippen molar-refractivity contribution in [2.75, 3.05) is 36.4 Å². The van der Waals surface area contributed by atoms with Gasteiger partial charge in [0.2, 0.25) is 11.1 Å². The molecule has 5 heterocycles. The number of carbonyl (C=O) groups is 1. The van der Waals surface area contributed by atoms with Gasteiger partial charge in [-0.1, -0.05) is 0 Å². The number of hydrogen-bond acceptors (Lipinski definition) is 8. The number of nitrogens with zero attached hydrogens (tertiary/aromatic N) is 7. The summed E-state index contributed by atoms with van der Waals surface area (Å²) >= 11 is 1.44. The molecule has 158 valence electrons. The molecule has 1 aliphatic carbocycles. The molecule has 11 heteroatoms. The number of pyridine rings is 1. The molecule has 1 saturated carbocycles. The van der Waals surface area contributed by atoms with Gasteiger partial charge in [0.15, 0.2) is 17.1 Å². The second kappa shape index (κ2) is 7.50. The summed E-state index contributed by atoms with van der Waals surface area (Å²) in [7, 11) is 0. The molecule has 4 aromatic heterocycles. The second-order valence-corrected chi connectivity index (χ2v) is 8.79. The third-order valence-electron chi connectivity index (χ3n) is 5.53. The Morgan fingerprint density at radius 2 is 1.90 bits per heavy atom. The van der Waals surface area contributed by atoms with Gasteiger partial charge in [0, 0.05) is 38.3 Å². The molecular weight excluding hydrogens is 414 g/mol. The third kappa shape index (κ3) is 3.70. The Balaban J connectivity index is 1.26. The number of piperazine rings is 1. The third-order valence-corrected chi connectivity index (χ3v) is 6.42. The summed E-state index contributed by atoms with van der Waals surface area (Å²) in [5, 5.41) is 21.0. The van der Waals surface area contributed by atoms with Gasteiger partial charge in [-0.25, -0.2) is 9.50 Å². The average molecular weight is 436 g/mol. The molecule has 0 atom stereocenters. The first-order valence-electron chi connectivity index (χ1n) is 10.4. The summed E-state index contributed by atoms with van der Waals surface area (Å²) in [6.07, 6.45) is 5.75. The van der Waals surface area contributed by atoms with E-state index in [2.05, 4.69) is 48.1 Å². The number of fused-ring (bicyclic) bond motifs is 2. The van der Waals surface area contributed by atoms with E-state index in [0.29, 0.717) is 11.5 Å². The van der Waals surface area contributed by atoms with Crippen LogP contribution in [0.25, 0.3) is 11.3 Å². The van der Waals surface area contributed by atoms with Crippen molar-refractivity contribution >= 4 is 40.5 Å². The van der Waals surface area contributed by atoms with Crippen molar-refractivity contribution in [2.24, 2.45) is 5.92 Å². The largest absolute Gasteiger partial charge is 0.368 e. The summed E-state index contributed by atoms with van der Waals surface area (Å²) in [5.41, 5.74) is 2.64. The van der Waals surface area contributed by atoms with E-state index in [1.165, 1.54) is 11.8 Å². The molecule has 1 aliphatic heterocycles. The maximum Gasteiger partial charge on any atom is 0.228 e. The van der Waals surface area contributed by atoms with Gasteiger partial charge < -0.3 is 15.5 Å². The highest BCUT2D eigenvalue weighted by Gasteiger charge is 2.30. The molecule has 0 spiro atoms. The lowest BCUT2D eigenvalue weighted by Gasteiger charge is -2.29. The van der Waals surface area contributed by atoms with Gasteiger partial charge in [-0.15, -0.1) is 10.2 Å². The van der Waals surface area contributed by atoms with Crippen LogP contribution >= 0.6 is 11.8 Å². The second-order valence-electron chi connectivity index (χ2n) is 7.80. The van der Waals surface area contributed by atoms with Crippen LogP contribution in [0, 0.1) is 5.92 Å². The molecule has 6 rings (SSSR count). The van der Waals surface area contributed by atoms with Crippen LogP contribution in [0.4, 0.5) is 11.5 Å². The van der Waals surface area contributed by atoms with Crippen molar-refractivity contribution in [3.05, 3.63) is 36.7 Å². The van der Waals surface area contributed by atoms with Gasteiger partial charge in [0.05, 0.1) is 11.9 Å². The van der Waals surface area contributed by atoms with Crippen LogP contribution in [0.5, 0.6) is 0 Å². The highest BCUT2D eigenvalue weighted by molar-refractivity contribution is 7.99. The number of hydrogen-bond donors (Lipinski definition) is 2. The SMILES string of the molecule is O=C(Nc1cn2nc(Sc3nnc4ccc(N5CCNCC5)cn34)ccc2n1)C1CC1. The average Bonchev–Trinajstić information content (AvgIpc) is 3.47. The molecule has 4 aromatic rings. The number of nitrogens with one attached hydrogen (secondary N) is 2. The van der Waals surface area contributed by atoms with Crippen molar-refractivity contribution in [1.82, 2.24) is 34.5 Å². The summed E-state index contributed by atoms with van der Waals surface area (Å²) in [5.74, 6) is 0.699. The molecule has 0 unspecified atom stereocenters. The van der Waals surface area contributed by atoms with Gasteiger partial charge in [0.1, 0.15) is 5.03 Å². The summed E-state index contributed by atoms with van der Waals surface area (Å²) in [6.45, 7) is 3.93. The van der Waals surface area contributed by atoms with E-state index in [1.807, 2.05) is 22.6 Å². The Kier molecular flexibility index (Phi) is 4.50. The minimum atomic E-state index is 0.0354. The predicted molar refractivity (Wildman–Crippen MR) is 117 cm³/mol. The van der Waals surface area contributed by atoms with Gasteiger partial charge in [-0.3, -0.25) is 9.20 Å². The van der Waals surface area contributed by atoms with Gasteiger partial charge in [0.25, 0.3) is 0 Å². The fourth-order valence-electron chi connectivity index (χ4n) is 3.68. The molecule has 0 radical (unpaired) electrons. The van der Waals surface area contributed by atoms with Crippen molar-refractivity contribution in [1.29, 1.82) is 0 Å². The van der Waals surface area contributed by atoms with Crippen LogP contribution in [-0.2, 0) is 4.79 Å². The van der Waals surface area contributed by atoms with Crippen molar-refractivity contribution in [3.8, 4) is 0 Å². The zero-order valence-corrected chi connectivity index (χ0v) is 17.5. The van der Waals surface area contributed by atoms with E-state index in [0.717, 1.165) is 60.5 Å². The smallest absolute Gasteiger partial charge is 0.228 e. The Hall–Kier alpha value is -3.18. The summed E-state index contributed by atoms with van der Waals surface area (Å²) in [4.78, 5) is 18.8. The van der Waals surface area contributed by atoms with Crippen molar-refractivity contribution in [2.45, 2.75) is 23.0 Å². The number of aromatic nitrogens is 6. The lowest BCUT2D eigenvalue weighted by molar-refractivity contribution is -0.117. The van der Waals surface area contributed by atoms with Crippen LogP contribution in [0.2, 0.25) is 0 Å². The summed E-state index contributed by atoms with van der Waals surface area (Å²) in [6, 6.07) is 7.88. The Labute approximate surface area is 182 Å². The minimum absolute atomic E-state index is 0.0354. The van der Waals surface area contributed by atoms with Crippen LogP contribution in [-0.4, -0.2) is 61.3 Å². The first-order chi connectivity index (χ1) is 15.2. The zero-order chi connectivity index (χ0) is 20.8. The van der Waals surface area contributed by atoms with Crippen LogP contribution < -0.4 is 15.5 Å². The number of carbonyl (C=O) groups excluding carboxylic acids is 1. The maximum absolute atomic E-state index is 12.0. The van der Waals surface area contributed by atoms with E-state index in [9.17, 15) is 4.79 Å². The standard InChI is InChI=1S/C20H21N9OS/c30-19(13-1-2-13)23-15-12-29-16(22-15)5-6-18(26-29)31-20-25-24-17-4-3-14(11-28(17)20)27-9-7-21-8-10-27/h3-6,11-13,21H,1-2,7-10H2,(H,23,30). The lowest BCUT2D eigenvalue weighted by atomic mass is 10.3.